The Labute approximate surface area is 142 Å². The van der Waals surface area contributed by atoms with Crippen molar-refractivity contribution < 1.29 is 9.59 Å². The number of nitriles is 1. The molecule has 0 aromatic heterocycles. The van der Waals surface area contributed by atoms with Crippen molar-refractivity contribution in [3.05, 3.63) is 35.4 Å². The zero-order chi connectivity index (χ0) is 16.9. The molecule has 0 N–H and O–H groups in total. The van der Waals surface area contributed by atoms with Crippen molar-refractivity contribution in [1.29, 1.82) is 5.26 Å². The molecule has 6 heteroatoms. The summed E-state index contributed by atoms with van der Waals surface area (Å²) >= 11 is 0. The van der Waals surface area contributed by atoms with Crippen molar-refractivity contribution in [3.8, 4) is 6.07 Å². The molecule has 2 aliphatic rings. The van der Waals surface area contributed by atoms with Crippen molar-refractivity contribution >= 4 is 11.9 Å². The minimum Gasteiger partial charge on any atom is -0.335 e. The Kier molecular flexibility index (Phi) is 4.99. The number of likely N-dealkylation sites (tertiary alicyclic amines) is 1. The molecule has 126 valence electrons. The van der Waals surface area contributed by atoms with Crippen molar-refractivity contribution in [2.24, 2.45) is 0 Å². The quantitative estimate of drug-likeness (QED) is 0.792. The third-order valence-corrected chi connectivity index (χ3v) is 4.72. The molecule has 6 nitrogen and oxygen atoms in total. The van der Waals surface area contributed by atoms with Crippen LogP contribution < -0.4 is 0 Å². The molecule has 0 bridgehead atoms. The van der Waals surface area contributed by atoms with Crippen LogP contribution >= 0.6 is 0 Å². The summed E-state index contributed by atoms with van der Waals surface area (Å²) in [5.41, 5.74) is 1.13. The Morgan fingerprint density at radius 1 is 0.792 bits per heavy atom. The van der Waals surface area contributed by atoms with Gasteiger partial charge in [0.2, 0.25) is 0 Å². The van der Waals surface area contributed by atoms with Gasteiger partial charge in [-0.05, 0) is 43.5 Å². The molecule has 1 aromatic carbocycles. The smallest absolute Gasteiger partial charge is 0.320 e. The lowest BCUT2D eigenvalue weighted by atomic mass is 10.1. The zero-order valence-electron chi connectivity index (χ0n) is 13.8. The summed E-state index contributed by atoms with van der Waals surface area (Å²) in [4.78, 5) is 30.6. The summed E-state index contributed by atoms with van der Waals surface area (Å²) in [6.07, 6.45) is 3.38. The molecule has 2 saturated heterocycles. The molecule has 0 unspecified atom stereocenters. The molecule has 2 heterocycles. The number of rotatable bonds is 1. The predicted molar refractivity (Wildman–Crippen MR) is 89.5 cm³/mol. The number of urea groups is 1. The summed E-state index contributed by atoms with van der Waals surface area (Å²) in [6.45, 7) is 3.97. The SMILES string of the molecule is N#Cc1ccc(C(=O)N2CCN(C(=O)N3CCCCC3)CC2)cc1. The van der Waals surface area contributed by atoms with Gasteiger partial charge in [-0.3, -0.25) is 4.79 Å². The second-order valence-corrected chi connectivity index (χ2v) is 6.30. The molecule has 0 radical (unpaired) electrons. The Balaban J connectivity index is 1.55. The highest BCUT2D eigenvalue weighted by atomic mass is 16.2. The summed E-state index contributed by atoms with van der Waals surface area (Å²) in [5.74, 6) is -0.0374. The predicted octanol–water partition coefficient (Wildman–Crippen LogP) is 1.92. The maximum atomic E-state index is 12.5. The maximum Gasteiger partial charge on any atom is 0.320 e. The molecule has 2 aliphatic heterocycles. The number of hydrogen-bond acceptors (Lipinski definition) is 3. The zero-order valence-corrected chi connectivity index (χ0v) is 13.8. The van der Waals surface area contributed by atoms with Gasteiger partial charge in [0, 0.05) is 44.8 Å². The second kappa shape index (κ2) is 7.35. The van der Waals surface area contributed by atoms with E-state index in [1.165, 1.54) is 6.42 Å². The summed E-state index contributed by atoms with van der Waals surface area (Å²) in [5, 5.41) is 8.82. The fourth-order valence-electron chi connectivity index (χ4n) is 3.26. The minimum atomic E-state index is -0.0374. The number of hydrogen-bond donors (Lipinski definition) is 0. The first-order valence-corrected chi connectivity index (χ1v) is 8.52. The highest BCUT2D eigenvalue weighted by Gasteiger charge is 2.28. The van der Waals surface area contributed by atoms with Gasteiger partial charge in [-0.2, -0.15) is 5.26 Å². The van der Waals surface area contributed by atoms with Crippen molar-refractivity contribution in [2.45, 2.75) is 19.3 Å². The molecule has 0 saturated carbocycles. The van der Waals surface area contributed by atoms with Crippen LogP contribution in [0.5, 0.6) is 0 Å². The molecule has 0 spiro atoms. The van der Waals surface area contributed by atoms with Crippen LogP contribution in [0.25, 0.3) is 0 Å². The van der Waals surface area contributed by atoms with E-state index in [4.69, 9.17) is 5.26 Å². The lowest BCUT2D eigenvalue weighted by Gasteiger charge is -2.38. The van der Waals surface area contributed by atoms with Crippen molar-refractivity contribution in [2.75, 3.05) is 39.3 Å². The third kappa shape index (κ3) is 3.51. The maximum absolute atomic E-state index is 12.5. The normalized spacial score (nSPS) is 18.2. The average Bonchev–Trinajstić information content (AvgIpc) is 2.68. The fraction of sp³-hybridized carbons (Fsp3) is 0.500. The van der Waals surface area contributed by atoms with Crippen molar-refractivity contribution in [3.63, 3.8) is 0 Å². The van der Waals surface area contributed by atoms with Crippen LogP contribution in [0.1, 0.15) is 35.2 Å². The molecule has 2 fully saturated rings. The number of piperidine rings is 1. The van der Waals surface area contributed by atoms with Gasteiger partial charge in [0.15, 0.2) is 0 Å². The van der Waals surface area contributed by atoms with Crippen LogP contribution in [0.4, 0.5) is 4.79 Å². The van der Waals surface area contributed by atoms with Crippen molar-refractivity contribution in [1.82, 2.24) is 14.7 Å². The first kappa shape index (κ1) is 16.3. The van der Waals surface area contributed by atoms with E-state index in [1.807, 2.05) is 15.9 Å². The van der Waals surface area contributed by atoms with E-state index in [0.29, 0.717) is 37.3 Å². The van der Waals surface area contributed by atoms with E-state index < -0.39 is 0 Å². The van der Waals surface area contributed by atoms with Gasteiger partial charge in [-0.25, -0.2) is 4.79 Å². The molecule has 3 amide bonds. The molecular formula is C18H22N4O2. The van der Waals surface area contributed by atoms with E-state index in [2.05, 4.69) is 0 Å². The Bertz CT molecular complexity index is 636. The lowest BCUT2D eigenvalue weighted by molar-refractivity contribution is 0.0633. The lowest BCUT2D eigenvalue weighted by Crippen LogP contribution is -2.54. The molecular weight excluding hydrogens is 304 g/mol. The summed E-state index contributed by atoms with van der Waals surface area (Å²) < 4.78 is 0. The molecule has 1 aromatic rings. The van der Waals surface area contributed by atoms with Crippen LogP contribution in [0.3, 0.4) is 0 Å². The van der Waals surface area contributed by atoms with Gasteiger partial charge in [0.1, 0.15) is 0 Å². The van der Waals surface area contributed by atoms with Crippen LogP contribution in [0.15, 0.2) is 24.3 Å². The van der Waals surface area contributed by atoms with Crippen LogP contribution in [-0.4, -0.2) is 65.9 Å². The van der Waals surface area contributed by atoms with Crippen LogP contribution in [0.2, 0.25) is 0 Å². The minimum absolute atomic E-state index is 0.0374. The first-order valence-electron chi connectivity index (χ1n) is 8.52. The van der Waals surface area contributed by atoms with Crippen LogP contribution in [-0.2, 0) is 0 Å². The number of benzene rings is 1. The Morgan fingerprint density at radius 3 is 1.92 bits per heavy atom. The number of amides is 3. The largest absolute Gasteiger partial charge is 0.335 e. The standard InChI is InChI=1S/C18H22N4O2/c19-14-15-4-6-16(7-5-15)17(23)20-10-12-22(13-11-20)18(24)21-8-2-1-3-9-21/h4-7H,1-3,8-13H2. The van der Waals surface area contributed by atoms with Gasteiger partial charge in [0.05, 0.1) is 11.6 Å². The van der Waals surface area contributed by atoms with Crippen LogP contribution in [0, 0.1) is 11.3 Å². The third-order valence-electron chi connectivity index (χ3n) is 4.72. The first-order chi connectivity index (χ1) is 11.7. The van der Waals surface area contributed by atoms with Gasteiger partial charge < -0.3 is 14.7 Å². The van der Waals surface area contributed by atoms with Gasteiger partial charge in [0.25, 0.3) is 5.91 Å². The van der Waals surface area contributed by atoms with Gasteiger partial charge in [-0.15, -0.1) is 0 Å². The second-order valence-electron chi connectivity index (χ2n) is 6.30. The van der Waals surface area contributed by atoms with Gasteiger partial charge in [-0.1, -0.05) is 0 Å². The van der Waals surface area contributed by atoms with E-state index in [1.54, 1.807) is 29.2 Å². The number of piperazine rings is 1. The molecule has 3 rings (SSSR count). The highest BCUT2D eigenvalue weighted by Crippen LogP contribution is 2.14. The Hall–Kier alpha value is -2.55. The van der Waals surface area contributed by atoms with E-state index in [9.17, 15) is 9.59 Å². The highest BCUT2D eigenvalue weighted by molar-refractivity contribution is 5.94. The molecule has 0 atom stereocenters. The van der Waals surface area contributed by atoms with E-state index >= 15 is 0 Å². The monoisotopic (exact) mass is 326 g/mol. The van der Waals surface area contributed by atoms with E-state index in [-0.39, 0.29) is 11.9 Å². The number of nitrogens with zero attached hydrogens (tertiary/aromatic N) is 4. The summed E-state index contributed by atoms with van der Waals surface area (Å²) in [6, 6.07) is 8.85. The Morgan fingerprint density at radius 2 is 1.33 bits per heavy atom. The number of carbonyl (C=O) groups excluding carboxylic acids is 2. The average molecular weight is 326 g/mol. The van der Waals surface area contributed by atoms with E-state index in [0.717, 1.165) is 25.9 Å². The fourth-order valence-corrected chi connectivity index (χ4v) is 3.26. The number of carbonyl (C=O) groups is 2. The molecule has 0 aliphatic carbocycles. The van der Waals surface area contributed by atoms with Gasteiger partial charge >= 0.3 is 6.03 Å². The summed E-state index contributed by atoms with van der Waals surface area (Å²) in [7, 11) is 0. The topological polar surface area (TPSA) is 67.6 Å². The molecule has 24 heavy (non-hydrogen) atoms.